The van der Waals surface area contributed by atoms with Crippen molar-refractivity contribution in [2.24, 2.45) is 17.8 Å². The van der Waals surface area contributed by atoms with Gasteiger partial charge in [0.15, 0.2) is 0 Å². The predicted molar refractivity (Wildman–Crippen MR) is 89.1 cm³/mol. The quantitative estimate of drug-likeness (QED) is 0.469. The summed E-state index contributed by atoms with van der Waals surface area (Å²) in [6.45, 7) is 5.57. The van der Waals surface area contributed by atoms with Gasteiger partial charge >= 0.3 is 0 Å². The highest BCUT2D eigenvalue weighted by Crippen LogP contribution is 2.32. The molecular formula is C18H26N2O4. The van der Waals surface area contributed by atoms with E-state index in [1.165, 1.54) is 0 Å². The number of carbonyl (C=O) groups is 2. The monoisotopic (exact) mass is 334 g/mol. The largest absolute Gasteiger partial charge is 0.390 e. The lowest BCUT2D eigenvalue weighted by molar-refractivity contribution is -0.140. The maximum atomic E-state index is 12.8. The molecular weight excluding hydrogens is 308 g/mol. The fraction of sp³-hybridized carbons (Fsp3) is 0.556. The van der Waals surface area contributed by atoms with Crippen LogP contribution in [0.2, 0.25) is 0 Å². The molecule has 4 unspecified atom stereocenters. The number of fused-ring (bicyclic) bond motifs is 1. The summed E-state index contributed by atoms with van der Waals surface area (Å²) in [5.41, 5.74) is 3.57. The summed E-state index contributed by atoms with van der Waals surface area (Å²) >= 11 is 0. The Morgan fingerprint density at radius 1 is 1.21 bits per heavy atom. The van der Waals surface area contributed by atoms with Crippen LogP contribution in [0.25, 0.3) is 0 Å². The average molecular weight is 334 g/mol. The SMILES string of the molecule is CC(C)CC(C(=O)NC1c2ccccc2CC1O)C(C)C(=O)NO. The van der Waals surface area contributed by atoms with E-state index in [9.17, 15) is 14.7 Å². The third-order valence-electron chi connectivity index (χ3n) is 4.69. The van der Waals surface area contributed by atoms with Gasteiger partial charge in [0, 0.05) is 18.3 Å². The molecule has 6 heteroatoms. The van der Waals surface area contributed by atoms with Gasteiger partial charge in [-0.2, -0.15) is 0 Å². The summed E-state index contributed by atoms with van der Waals surface area (Å²) in [7, 11) is 0. The zero-order valence-corrected chi connectivity index (χ0v) is 14.3. The fourth-order valence-corrected chi connectivity index (χ4v) is 3.34. The van der Waals surface area contributed by atoms with Crippen LogP contribution in [-0.4, -0.2) is 28.2 Å². The third-order valence-corrected chi connectivity index (χ3v) is 4.69. The van der Waals surface area contributed by atoms with E-state index in [-0.39, 0.29) is 11.8 Å². The van der Waals surface area contributed by atoms with Crippen LogP contribution >= 0.6 is 0 Å². The summed E-state index contributed by atoms with van der Waals surface area (Å²) in [4.78, 5) is 24.5. The Hall–Kier alpha value is -1.92. The molecule has 1 aliphatic rings. The van der Waals surface area contributed by atoms with Gasteiger partial charge in [-0.25, -0.2) is 5.48 Å². The number of rotatable bonds is 6. The number of hydrogen-bond donors (Lipinski definition) is 4. The first-order chi connectivity index (χ1) is 11.3. The minimum absolute atomic E-state index is 0.218. The van der Waals surface area contributed by atoms with E-state index in [0.717, 1.165) is 11.1 Å². The molecule has 0 bridgehead atoms. The van der Waals surface area contributed by atoms with Gasteiger partial charge in [-0.05, 0) is 23.5 Å². The maximum absolute atomic E-state index is 12.8. The molecule has 1 aromatic rings. The van der Waals surface area contributed by atoms with Gasteiger partial charge in [0.1, 0.15) is 0 Å². The van der Waals surface area contributed by atoms with Gasteiger partial charge in [0.25, 0.3) is 0 Å². The first-order valence-corrected chi connectivity index (χ1v) is 8.35. The molecule has 0 radical (unpaired) electrons. The highest BCUT2D eigenvalue weighted by molar-refractivity contribution is 5.87. The van der Waals surface area contributed by atoms with E-state index in [0.29, 0.717) is 12.8 Å². The second kappa shape index (κ2) is 7.77. The third kappa shape index (κ3) is 3.94. The summed E-state index contributed by atoms with van der Waals surface area (Å²) in [5, 5.41) is 22.0. The summed E-state index contributed by atoms with van der Waals surface area (Å²) in [6.07, 6.45) is 0.348. The number of hydrogen-bond acceptors (Lipinski definition) is 4. The lowest BCUT2D eigenvalue weighted by Gasteiger charge is -2.26. The van der Waals surface area contributed by atoms with Crippen molar-refractivity contribution >= 4 is 11.8 Å². The van der Waals surface area contributed by atoms with Crippen LogP contribution in [0.3, 0.4) is 0 Å². The Labute approximate surface area is 142 Å². The standard InChI is InChI=1S/C18H26N2O4/c1-10(2)8-14(11(3)17(22)20-24)18(23)19-16-13-7-5-4-6-12(13)9-15(16)21/h4-7,10-11,14-16,21,24H,8-9H2,1-3H3,(H,19,23)(H,20,22). The van der Waals surface area contributed by atoms with Gasteiger partial charge in [-0.1, -0.05) is 45.0 Å². The van der Waals surface area contributed by atoms with Gasteiger partial charge in [0.05, 0.1) is 12.1 Å². The Kier molecular flexibility index (Phi) is 5.96. The molecule has 0 saturated heterocycles. The number of benzene rings is 1. The number of aliphatic hydroxyl groups excluding tert-OH is 1. The highest BCUT2D eigenvalue weighted by Gasteiger charge is 2.36. The number of aliphatic hydroxyl groups is 1. The minimum Gasteiger partial charge on any atom is -0.390 e. The fourth-order valence-electron chi connectivity index (χ4n) is 3.34. The lowest BCUT2D eigenvalue weighted by atomic mass is 9.85. The summed E-state index contributed by atoms with van der Waals surface area (Å²) < 4.78 is 0. The maximum Gasteiger partial charge on any atom is 0.246 e. The van der Waals surface area contributed by atoms with Gasteiger partial charge in [-0.15, -0.1) is 0 Å². The Morgan fingerprint density at radius 2 is 1.88 bits per heavy atom. The first-order valence-electron chi connectivity index (χ1n) is 8.35. The predicted octanol–water partition coefficient (Wildman–Crippen LogP) is 1.56. The molecule has 4 atom stereocenters. The van der Waals surface area contributed by atoms with Crippen LogP contribution in [-0.2, 0) is 16.0 Å². The number of hydroxylamine groups is 1. The van der Waals surface area contributed by atoms with Crippen molar-refractivity contribution in [3.8, 4) is 0 Å². The number of amides is 2. The van der Waals surface area contributed by atoms with E-state index in [2.05, 4.69) is 5.32 Å². The lowest BCUT2D eigenvalue weighted by Crippen LogP contribution is -2.43. The van der Waals surface area contributed by atoms with Crippen LogP contribution < -0.4 is 10.8 Å². The smallest absolute Gasteiger partial charge is 0.246 e. The Balaban J connectivity index is 2.17. The number of carbonyl (C=O) groups excluding carboxylic acids is 2. The molecule has 0 fully saturated rings. The van der Waals surface area contributed by atoms with Crippen LogP contribution in [0.5, 0.6) is 0 Å². The molecule has 2 rings (SSSR count). The van der Waals surface area contributed by atoms with Crippen molar-refractivity contribution in [3.05, 3.63) is 35.4 Å². The van der Waals surface area contributed by atoms with Crippen LogP contribution in [0.1, 0.15) is 44.4 Å². The van der Waals surface area contributed by atoms with Crippen molar-refractivity contribution in [1.82, 2.24) is 10.8 Å². The van der Waals surface area contributed by atoms with Gasteiger partial charge < -0.3 is 10.4 Å². The number of nitrogens with one attached hydrogen (secondary N) is 2. The molecule has 2 amide bonds. The molecule has 1 aliphatic carbocycles. The van der Waals surface area contributed by atoms with Crippen molar-refractivity contribution in [2.75, 3.05) is 0 Å². The normalized spacial score (nSPS) is 21.9. The van der Waals surface area contributed by atoms with E-state index >= 15 is 0 Å². The van der Waals surface area contributed by atoms with Crippen molar-refractivity contribution in [1.29, 1.82) is 0 Å². The van der Waals surface area contributed by atoms with Crippen LogP contribution in [0.15, 0.2) is 24.3 Å². The van der Waals surface area contributed by atoms with E-state index in [1.54, 1.807) is 12.4 Å². The zero-order valence-electron chi connectivity index (χ0n) is 14.3. The molecule has 4 N–H and O–H groups in total. The second-order valence-electron chi connectivity index (χ2n) is 6.96. The van der Waals surface area contributed by atoms with E-state index in [4.69, 9.17) is 5.21 Å². The second-order valence-corrected chi connectivity index (χ2v) is 6.96. The molecule has 132 valence electrons. The molecule has 24 heavy (non-hydrogen) atoms. The minimum atomic E-state index is -0.673. The molecule has 0 aliphatic heterocycles. The van der Waals surface area contributed by atoms with Crippen LogP contribution in [0.4, 0.5) is 0 Å². The van der Waals surface area contributed by atoms with Gasteiger partial charge in [0.2, 0.25) is 11.8 Å². The van der Waals surface area contributed by atoms with Crippen LogP contribution in [0, 0.1) is 17.8 Å². The molecule has 6 nitrogen and oxygen atoms in total. The molecule has 0 spiro atoms. The van der Waals surface area contributed by atoms with Crippen molar-refractivity contribution < 1.29 is 19.9 Å². The average Bonchev–Trinajstić information content (AvgIpc) is 2.86. The van der Waals surface area contributed by atoms with Gasteiger partial charge in [-0.3, -0.25) is 14.8 Å². The first kappa shape index (κ1) is 18.4. The molecule has 1 aromatic carbocycles. The topological polar surface area (TPSA) is 98.7 Å². The molecule has 0 saturated carbocycles. The Bertz CT molecular complexity index is 602. The Morgan fingerprint density at radius 3 is 2.50 bits per heavy atom. The van der Waals surface area contributed by atoms with E-state index < -0.39 is 29.9 Å². The highest BCUT2D eigenvalue weighted by atomic mass is 16.5. The zero-order chi connectivity index (χ0) is 17.9. The van der Waals surface area contributed by atoms with Crippen molar-refractivity contribution in [2.45, 2.75) is 45.8 Å². The molecule has 0 aromatic heterocycles. The van der Waals surface area contributed by atoms with E-state index in [1.807, 2.05) is 38.1 Å². The van der Waals surface area contributed by atoms with Crippen molar-refractivity contribution in [3.63, 3.8) is 0 Å². The summed E-state index contributed by atoms with van der Waals surface area (Å²) in [5.74, 6) is -1.87. The summed E-state index contributed by atoms with van der Waals surface area (Å²) in [6, 6.07) is 7.16. The molecule has 0 heterocycles.